The zero-order valence-corrected chi connectivity index (χ0v) is 17.4. The minimum Gasteiger partial charge on any atom is -0.491 e. The van der Waals surface area contributed by atoms with Gasteiger partial charge in [0.15, 0.2) is 17.1 Å². The number of hydrogen-bond donors (Lipinski definition) is 2. The molecular weight excluding hydrogens is 391 g/mol. The Morgan fingerprint density at radius 1 is 1.27 bits per heavy atom. The molecule has 3 aromatic rings. The molecule has 0 aliphatic rings. The molecule has 1 heterocycles. The summed E-state index contributed by atoms with van der Waals surface area (Å²) >= 11 is 0. The second kappa shape index (κ2) is 8.71. The number of fused-ring (bicyclic) bond motifs is 1. The average Bonchev–Trinajstić information content (AvgIpc) is 3.07. The Morgan fingerprint density at radius 3 is 2.70 bits per heavy atom. The van der Waals surface area contributed by atoms with Gasteiger partial charge in [0.05, 0.1) is 11.6 Å². The van der Waals surface area contributed by atoms with Gasteiger partial charge in [-0.3, -0.25) is 4.79 Å². The van der Waals surface area contributed by atoms with E-state index in [0.29, 0.717) is 29.0 Å². The number of halogens is 1. The molecule has 7 nitrogen and oxygen atoms in total. The summed E-state index contributed by atoms with van der Waals surface area (Å²) < 4.78 is 31.1. The highest BCUT2D eigenvalue weighted by atomic mass is 19.1. The SMILES string of the molecule is CC(=O)N[C@@H](C)COc1ccc2nc(-c3ccc(OCC(C)(C)O)c(F)c3)oc2c1. The third kappa shape index (κ3) is 5.70. The molecule has 0 bridgehead atoms. The number of hydrogen-bond acceptors (Lipinski definition) is 6. The van der Waals surface area contributed by atoms with E-state index in [4.69, 9.17) is 13.9 Å². The summed E-state index contributed by atoms with van der Waals surface area (Å²) in [5, 5.41) is 12.5. The number of benzene rings is 2. The number of nitrogens with one attached hydrogen (secondary N) is 1. The number of aliphatic hydroxyl groups is 1. The normalized spacial score (nSPS) is 12.6. The van der Waals surface area contributed by atoms with E-state index >= 15 is 0 Å². The molecule has 0 saturated carbocycles. The summed E-state index contributed by atoms with van der Waals surface area (Å²) in [7, 11) is 0. The van der Waals surface area contributed by atoms with Crippen molar-refractivity contribution >= 4 is 17.0 Å². The molecule has 0 unspecified atom stereocenters. The van der Waals surface area contributed by atoms with Gasteiger partial charge in [-0.15, -0.1) is 0 Å². The molecule has 0 aliphatic heterocycles. The Morgan fingerprint density at radius 2 is 2.03 bits per heavy atom. The highest BCUT2D eigenvalue weighted by Crippen LogP contribution is 2.30. The van der Waals surface area contributed by atoms with E-state index in [2.05, 4.69) is 10.3 Å². The molecule has 2 aromatic carbocycles. The molecule has 30 heavy (non-hydrogen) atoms. The molecule has 1 amide bonds. The fraction of sp³-hybridized carbons (Fsp3) is 0.364. The van der Waals surface area contributed by atoms with Crippen molar-refractivity contribution in [2.75, 3.05) is 13.2 Å². The number of amides is 1. The maximum Gasteiger partial charge on any atom is 0.227 e. The van der Waals surface area contributed by atoms with Gasteiger partial charge in [0, 0.05) is 18.6 Å². The first-order valence-corrected chi connectivity index (χ1v) is 9.56. The molecule has 0 aliphatic carbocycles. The van der Waals surface area contributed by atoms with E-state index < -0.39 is 11.4 Å². The monoisotopic (exact) mass is 416 g/mol. The second-order valence-corrected chi connectivity index (χ2v) is 7.81. The standard InChI is InChI=1S/C22H25FN2O5/c1-13(24-14(2)26)11-28-16-6-7-18-20(10-16)30-21(25-18)15-5-8-19(17(23)9-15)29-12-22(3,4)27/h5-10,13,27H,11-12H2,1-4H3,(H,24,26)/t13-/m0/s1. The first-order valence-electron chi connectivity index (χ1n) is 9.56. The molecule has 2 N–H and O–H groups in total. The van der Waals surface area contributed by atoms with Gasteiger partial charge in [0.2, 0.25) is 11.8 Å². The number of ether oxygens (including phenoxy) is 2. The van der Waals surface area contributed by atoms with Gasteiger partial charge in [-0.25, -0.2) is 9.37 Å². The highest BCUT2D eigenvalue weighted by molar-refractivity contribution is 5.77. The zero-order valence-electron chi connectivity index (χ0n) is 17.4. The lowest BCUT2D eigenvalue weighted by Gasteiger charge is -2.18. The Bertz CT molecular complexity index is 1040. The van der Waals surface area contributed by atoms with E-state index in [1.54, 1.807) is 38.1 Å². The molecular formula is C22H25FN2O5. The van der Waals surface area contributed by atoms with Gasteiger partial charge in [-0.2, -0.15) is 0 Å². The summed E-state index contributed by atoms with van der Waals surface area (Å²) in [4.78, 5) is 15.5. The minimum atomic E-state index is -1.06. The van der Waals surface area contributed by atoms with Crippen molar-refractivity contribution < 1.29 is 28.2 Å². The van der Waals surface area contributed by atoms with Crippen LogP contribution in [-0.4, -0.2) is 40.9 Å². The number of rotatable bonds is 8. The van der Waals surface area contributed by atoms with Gasteiger partial charge in [0.1, 0.15) is 24.5 Å². The molecule has 1 aromatic heterocycles. The highest BCUT2D eigenvalue weighted by Gasteiger charge is 2.17. The third-order valence-corrected chi connectivity index (χ3v) is 4.07. The predicted molar refractivity (Wildman–Crippen MR) is 110 cm³/mol. The predicted octanol–water partition coefficient (Wildman–Crippen LogP) is 3.69. The number of carbonyl (C=O) groups is 1. The lowest BCUT2D eigenvalue weighted by Crippen LogP contribution is -2.35. The van der Waals surface area contributed by atoms with Crippen LogP contribution in [0.2, 0.25) is 0 Å². The fourth-order valence-electron chi connectivity index (χ4n) is 2.73. The van der Waals surface area contributed by atoms with Gasteiger partial charge < -0.3 is 24.3 Å². The molecule has 0 radical (unpaired) electrons. The van der Waals surface area contributed by atoms with E-state index in [-0.39, 0.29) is 30.2 Å². The quantitative estimate of drug-likeness (QED) is 0.582. The first-order chi connectivity index (χ1) is 14.1. The molecule has 1 atom stereocenters. The summed E-state index contributed by atoms with van der Waals surface area (Å²) in [5.41, 5.74) is 0.499. The average molecular weight is 416 g/mol. The third-order valence-electron chi connectivity index (χ3n) is 4.07. The molecule has 0 fully saturated rings. The maximum absolute atomic E-state index is 14.4. The zero-order chi connectivity index (χ0) is 21.9. The van der Waals surface area contributed by atoms with Crippen LogP contribution in [0.1, 0.15) is 27.7 Å². The van der Waals surface area contributed by atoms with Crippen molar-refractivity contribution in [1.82, 2.24) is 10.3 Å². The van der Waals surface area contributed by atoms with Crippen LogP contribution in [0.15, 0.2) is 40.8 Å². The molecule has 160 valence electrons. The molecule has 0 spiro atoms. The number of oxazole rings is 1. The molecule has 3 rings (SSSR count). The lowest BCUT2D eigenvalue weighted by molar-refractivity contribution is -0.119. The molecule has 8 heteroatoms. The van der Waals surface area contributed by atoms with Crippen molar-refractivity contribution in [2.24, 2.45) is 0 Å². The maximum atomic E-state index is 14.4. The van der Waals surface area contributed by atoms with Crippen LogP contribution in [0.5, 0.6) is 11.5 Å². The summed E-state index contributed by atoms with van der Waals surface area (Å²) in [6, 6.07) is 9.45. The van der Waals surface area contributed by atoms with Crippen molar-refractivity contribution in [3.63, 3.8) is 0 Å². The lowest BCUT2D eigenvalue weighted by atomic mass is 10.1. The van der Waals surface area contributed by atoms with Crippen molar-refractivity contribution in [1.29, 1.82) is 0 Å². The smallest absolute Gasteiger partial charge is 0.227 e. The number of aromatic nitrogens is 1. The largest absolute Gasteiger partial charge is 0.491 e. The van der Waals surface area contributed by atoms with E-state index in [1.807, 2.05) is 6.92 Å². The Labute approximate surface area is 173 Å². The van der Waals surface area contributed by atoms with Crippen LogP contribution in [-0.2, 0) is 4.79 Å². The Kier molecular flexibility index (Phi) is 6.26. The summed E-state index contributed by atoms with van der Waals surface area (Å²) in [6.45, 7) is 6.73. The number of carbonyl (C=O) groups excluding carboxylic acids is 1. The molecule has 0 saturated heterocycles. The van der Waals surface area contributed by atoms with Gasteiger partial charge in [0.25, 0.3) is 0 Å². The Balaban J connectivity index is 1.74. The van der Waals surface area contributed by atoms with Crippen LogP contribution in [0, 0.1) is 5.82 Å². The fourth-order valence-corrected chi connectivity index (χ4v) is 2.73. The van der Waals surface area contributed by atoms with Crippen molar-refractivity contribution in [3.05, 3.63) is 42.2 Å². The van der Waals surface area contributed by atoms with Crippen LogP contribution in [0.3, 0.4) is 0 Å². The van der Waals surface area contributed by atoms with Gasteiger partial charge >= 0.3 is 0 Å². The Hall–Kier alpha value is -3.13. The van der Waals surface area contributed by atoms with E-state index in [1.165, 1.54) is 19.1 Å². The van der Waals surface area contributed by atoms with Crippen LogP contribution in [0.4, 0.5) is 4.39 Å². The van der Waals surface area contributed by atoms with E-state index in [9.17, 15) is 14.3 Å². The number of nitrogens with zero attached hydrogens (tertiary/aromatic N) is 1. The second-order valence-electron chi connectivity index (χ2n) is 7.81. The van der Waals surface area contributed by atoms with Crippen LogP contribution >= 0.6 is 0 Å². The first kappa shape index (κ1) is 21.6. The van der Waals surface area contributed by atoms with Crippen molar-refractivity contribution in [3.8, 4) is 23.0 Å². The minimum absolute atomic E-state index is 0.0323. The van der Waals surface area contributed by atoms with Crippen LogP contribution < -0.4 is 14.8 Å². The summed E-state index contributed by atoms with van der Waals surface area (Å²) in [5.74, 6) is 0.187. The van der Waals surface area contributed by atoms with Crippen molar-refractivity contribution in [2.45, 2.75) is 39.3 Å². The topological polar surface area (TPSA) is 93.8 Å². The van der Waals surface area contributed by atoms with Gasteiger partial charge in [-0.05, 0) is 51.1 Å². The van der Waals surface area contributed by atoms with Gasteiger partial charge in [-0.1, -0.05) is 0 Å². The van der Waals surface area contributed by atoms with E-state index in [0.717, 1.165) is 0 Å². The van der Waals surface area contributed by atoms with Crippen LogP contribution in [0.25, 0.3) is 22.6 Å². The summed E-state index contributed by atoms with van der Waals surface area (Å²) in [6.07, 6.45) is 0.